The summed E-state index contributed by atoms with van der Waals surface area (Å²) in [6.07, 6.45) is 4.41. The van der Waals surface area contributed by atoms with E-state index in [4.69, 9.17) is 0 Å². The smallest absolute Gasteiger partial charge is 0.268 e. The van der Waals surface area contributed by atoms with Gasteiger partial charge in [-0.25, -0.2) is 0 Å². The minimum Gasteiger partial charge on any atom is -0.357 e. The molecule has 1 heterocycles. The molecule has 2 aromatic rings. The highest BCUT2D eigenvalue weighted by Gasteiger charge is 2.40. The average Bonchev–Trinajstić information content (AvgIpc) is 2.91. The van der Waals surface area contributed by atoms with Gasteiger partial charge in [0.2, 0.25) is 5.91 Å². The predicted molar refractivity (Wildman–Crippen MR) is 95.1 cm³/mol. The Morgan fingerprint density at radius 1 is 1.12 bits per heavy atom. The Kier molecular flexibility index (Phi) is 4.35. The van der Waals surface area contributed by atoms with Gasteiger partial charge in [0.25, 0.3) is 5.91 Å². The summed E-state index contributed by atoms with van der Waals surface area (Å²) in [5.41, 5.74) is 2.79. The van der Waals surface area contributed by atoms with Crippen molar-refractivity contribution in [2.45, 2.75) is 51.5 Å². The van der Waals surface area contributed by atoms with Crippen molar-refractivity contribution in [3.8, 4) is 0 Å². The lowest BCUT2D eigenvalue weighted by atomic mass is 9.80. The SMILES string of the molecule is CNC(=O)C1(NC(=O)c2[nH]c3ccc(C)cc3c2C)CCCCC1. The van der Waals surface area contributed by atoms with Gasteiger partial charge in [0.15, 0.2) is 0 Å². The topological polar surface area (TPSA) is 74.0 Å². The fourth-order valence-corrected chi connectivity index (χ4v) is 3.75. The third-order valence-electron chi connectivity index (χ3n) is 5.16. The Hall–Kier alpha value is -2.30. The fraction of sp³-hybridized carbons (Fsp3) is 0.474. The van der Waals surface area contributed by atoms with E-state index in [1.54, 1.807) is 7.05 Å². The molecule has 5 nitrogen and oxygen atoms in total. The van der Waals surface area contributed by atoms with Crippen molar-refractivity contribution in [2.24, 2.45) is 0 Å². The van der Waals surface area contributed by atoms with Gasteiger partial charge in [-0.1, -0.05) is 30.9 Å². The van der Waals surface area contributed by atoms with E-state index in [0.717, 1.165) is 41.3 Å². The third-order valence-corrected chi connectivity index (χ3v) is 5.16. The number of H-pyrrole nitrogens is 1. The molecular formula is C19H25N3O2. The van der Waals surface area contributed by atoms with Crippen LogP contribution in [-0.2, 0) is 4.79 Å². The molecule has 0 atom stereocenters. The Labute approximate surface area is 142 Å². The van der Waals surface area contributed by atoms with E-state index < -0.39 is 5.54 Å². The molecule has 0 unspecified atom stereocenters. The first-order valence-corrected chi connectivity index (χ1v) is 8.60. The molecule has 0 radical (unpaired) electrons. The minimum atomic E-state index is -0.788. The van der Waals surface area contributed by atoms with E-state index >= 15 is 0 Å². The van der Waals surface area contributed by atoms with Crippen molar-refractivity contribution in [1.82, 2.24) is 15.6 Å². The normalized spacial score (nSPS) is 16.8. The molecule has 1 aliphatic rings. The summed E-state index contributed by atoms with van der Waals surface area (Å²) in [5, 5.41) is 6.80. The molecule has 24 heavy (non-hydrogen) atoms. The number of aromatic amines is 1. The molecule has 0 spiro atoms. The van der Waals surface area contributed by atoms with Crippen molar-refractivity contribution >= 4 is 22.7 Å². The number of likely N-dealkylation sites (N-methyl/N-ethyl adjacent to an activating group) is 1. The molecule has 2 amide bonds. The molecule has 1 aromatic heterocycles. The van der Waals surface area contributed by atoms with Crippen LogP contribution in [0.2, 0.25) is 0 Å². The maximum Gasteiger partial charge on any atom is 0.268 e. The molecule has 0 bridgehead atoms. The molecule has 0 aliphatic heterocycles. The molecule has 1 saturated carbocycles. The number of carbonyl (C=O) groups is 2. The summed E-state index contributed by atoms with van der Waals surface area (Å²) < 4.78 is 0. The van der Waals surface area contributed by atoms with E-state index in [1.165, 1.54) is 0 Å². The van der Waals surface area contributed by atoms with Crippen molar-refractivity contribution in [3.05, 3.63) is 35.0 Å². The number of carbonyl (C=O) groups excluding carboxylic acids is 2. The first-order chi connectivity index (χ1) is 11.5. The second kappa shape index (κ2) is 6.30. The molecule has 3 N–H and O–H groups in total. The molecule has 5 heteroatoms. The van der Waals surface area contributed by atoms with Gasteiger partial charge < -0.3 is 15.6 Å². The van der Waals surface area contributed by atoms with Crippen LogP contribution in [-0.4, -0.2) is 29.4 Å². The summed E-state index contributed by atoms with van der Waals surface area (Å²) in [5.74, 6) is -0.299. The van der Waals surface area contributed by atoms with Crippen LogP contribution in [0.15, 0.2) is 18.2 Å². The first-order valence-electron chi connectivity index (χ1n) is 8.60. The van der Waals surface area contributed by atoms with Crippen LogP contribution in [0.3, 0.4) is 0 Å². The number of hydrogen-bond acceptors (Lipinski definition) is 2. The van der Waals surface area contributed by atoms with Gasteiger partial charge in [-0.2, -0.15) is 0 Å². The number of aromatic nitrogens is 1. The Balaban J connectivity index is 1.93. The van der Waals surface area contributed by atoms with Crippen LogP contribution in [0.4, 0.5) is 0 Å². The number of fused-ring (bicyclic) bond motifs is 1. The second-order valence-electron chi connectivity index (χ2n) is 6.85. The molecular weight excluding hydrogens is 302 g/mol. The van der Waals surface area contributed by atoms with Gasteiger partial charge in [0.1, 0.15) is 11.2 Å². The van der Waals surface area contributed by atoms with E-state index in [9.17, 15) is 9.59 Å². The van der Waals surface area contributed by atoms with Crippen LogP contribution in [0, 0.1) is 13.8 Å². The number of aryl methyl sites for hydroxylation is 2. The van der Waals surface area contributed by atoms with Gasteiger partial charge >= 0.3 is 0 Å². The van der Waals surface area contributed by atoms with Crippen LogP contribution >= 0.6 is 0 Å². The Morgan fingerprint density at radius 2 is 1.83 bits per heavy atom. The zero-order chi connectivity index (χ0) is 17.3. The first kappa shape index (κ1) is 16.6. The summed E-state index contributed by atoms with van der Waals surface area (Å²) in [6.45, 7) is 3.98. The van der Waals surface area contributed by atoms with Crippen molar-refractivity contribution in [1.29, 1.82) is 0 Å². The molecule has 1 aliphatic carbocycles. The number of hydrogen-bond donors (Lipinski definition) is 3. The van der Waals surface area contributed by atoms with E-state index in [2.05, 4.69) is 21.7 Å². The van der Waals surface area contributed by atoms with Crippen molar-refractivity contribution < 1.29 is 9.59 Å². The van der Waals surface area contributed by atoms with Crippen LogP contribution < -0.4 is 10.6 Å². The van der Waals surface area contributed by atoms with Crippen molar-refractivity contribution in [3.63, 3.8) is 0 Å². The lowest BCUT2D eigenvalue weighted by molar-refractivity contribution is -0.128. The standard InChI is InChI=1S/C19H25N3O2/c1-12-7-8-15-14(11-12)13(2)16(21-15)17(23)22-19(18(24)20-3)9-5-4-6-10-19/h7-8,11,21H,4-6,9-10H2,1-3H3,(H,20,24)(H,22,23). The molecule has 3 rings (SSSR count). The fourth-order valence-electron chi connectivity index (χ4n) is 3.75. The predicted octanol–water partition coefficient (Wildman–Crippen LogP) is 2.96. The zero-order valence-corrected chi connectivity index (χ0v) is 14.6. The number of rotatable bonds is 3. The Morgan fingerprint density at radius 3 is 2.50 bits per heavy atom. The largest absolute Gasteiger partial charge is 0.357 e. The van der Waals surface area contributed by atoms with Crippen LogP contribution in [0.1, 0.15) is 53.7 Å². The van der Waals surface area contributed by atoms with Gasteiger partial charge in [0.05, 0.1) is 0 Å². The van der Waals surface area contributed by atoms with Gasteiger partial charge in [-0.3, -0.25) is 9.59 Å². The summed E-state index contributed by atoms with van der Waals surface area (Å²) >= 11 is 0. The highest BCUT2D eigenvalue weighted by Crippen LogP contribution is 2.30. The van der Waals surface area contributed by atoms with Gasteiger partial charge in [0, 0.05) is 18.0 Å². The number of nitrogens with one attached hydrogen (secondary N) is 3. The van der Waals surface area contributed by atoms with Gasteiger partial charge in [-0.05, 0) is 44.4 Å². The van der Waals surface area contributed by atoms with Gasteiger partial charge in [-0.15, -0.1) is 0 Å². The molecule has 128 valence electrons. The quantitative estimate of drug-likeness (QED) is 0.811. The maximum atomic E-state index is 12.9. The van der Waals surface area contributed by atoms with Crippen LogP contribution in [0.5, 0.6) is 0 Å². The minimum absolute atomic E-state index is 0.0971. The monoisotopic (exact) mass is 327 g/mol. The molecule has 1 fully saturated rings. The summed E-state index contributed by atoms with van der Waals surface area (Å²) in [7, 11) is 1.63. The van der Waals surface area contributed by atoms with E-state index in [0.29, 0.717) is 18.5 Å². The van der Waals surface area contributed by atoms with Crippen molar-refractivity contribution in [2.75, 3.05) is 7.05 Å². The molecule has 1 aromatic carbocycles. The lowest BCUT2D eigenvalue weighted by Crippen LogP contribution is -2.59. The third kappa shape index (κ3) is 2.79. The summed E-state index contributed by atoms with van der Waals surface area (Å²) in [4.78, 5) is 28.5. The number of benzene rings is 1. The highest BCUT2D eigenvalue weighted by atomic mass is 16.2. The molecule has 0 saturated heterocycles. The number of amides is 2. The second-order valence-corrected chi connectivity index (χ2v) is 6.85. The highest BCUT2D eigenvalue weighted by molar-refractivity contribution is 6.03. The van der Waals surface area contributed by atoms with E-state index in [1.807, 2.05) is 26.0 Å². The average molecular weight is 327 g/mol. The van der Waals surface area contributed by atoms with E-state index in [-0.39, 0.29) is 11.8 Å². The summed E-state index contributed by atoms with van der Waals surface area (Å²) in [6, 6.07) is 6.09. The Bertz CT molecular complexity index is 785. The maximum absolute atomic E-state index is 12.9. The van der Waals surface area contributed by atoms with Crippen LogP contribution in [0.25, 0.3) is 10.9 Å². The lowest BCUT2D eigenvalue weighted by Gasteiger charge is -2.36. The zero-order valence-electron chi connectivity index (χ0n) is 14.6.